The molecule has 2 nitrogen and oxygen atoms in total. The Bertz CT molecular complexity index is 366. The van der Waals surface area contributed by atoms with Gasteiger partial charge in [-0.05, 0) is 34.0 Å². The lowest BCUT2D eigenvalue weighted by Crippen LogP contribution is -2.05. The molecule has 1 N–H and O–H groups in total. The molecule has 0 heterocycles. The molecule has 0 spiro atoms. The van der Waals surface area contributed by atoms with Gasteiger partial charge in [-0.2, -0.15) is 0 Å². The summed E-state index contributed by atoms with van der Waals surface area (Å²) in [4.78, 5) is 0. The van der Waals surface area contributed by atoms with Gasteiger partial charge in [-0.15, -0.1) is 0 Å². The average Bonchev–Trinajstić information content (AvgIpc) is 2.23. The van der Waals surface area contributed by atoms with Gasteiger partial charge in [0.05, 0.1) is 11.6 Å². The Labute approximate surface area is 97.2 Å². The van der Waals surface area contributed by atoms with Gasteiger partial charge in [-0.3, -0.25) is 0 Å². The summed E-state index contributed by atoms with van der Waals surface area (Å²) in [5.41, 5.74) is 1.37. The van der Waals surface area contributed by atoms with E-state index < -0.39 is 5.82 Å². The van der Waals surface area contributed by atoms with Crippen molar-refractivity contribution >= 4 is 15.9 Å². The van der Waals surface area contributed by atoms with Gasteiger partial charge in [0.1, 0.15) is 0 Å². The Balaban J connectivity index is 3.36. The summed E-state index contributed by atoms with van der Waals surface area (Å²) in [6.45, 7) is 3.55. The van der Waals surface area contributed by atoms with Gasteiger partial charge >= 0.3 is 0 Å². The molecule has 0 fully saturated rings. The first-order valence-electron chi connectivity index (χ1n) is 4.66. The molecule has 84 valence electrons. The van der Waals surface area contributed by atoms with Gasteiger partial charge in [0.25, 0.3) is 0 Å². The summed E-state index contributed by atoms with van der Waals surface area (Å²) in [6, 6.07) is 1.73. The fourth-order valence-electron chi connectivity index (χ4n) is 1.40. The number of hydrogen-bond acceptors (Lipinski definition) is 2. The summed E-state index contributed by atoms with van der Waals surface area (Å²) in [6.07, 6.45) is 0. The minimum absolute atomic E-state index is 0.0822. The fraction of sp³-hybridized carbons (Fsp3) is 0.455. The molecule has 0 amide bonds. The molecule has 1 aromatic rings. The highest BCUT2D eigenvalue weighted by Crippen LogP contribution is 2.35. The van der Waals surface area contributed by atoms with E-state index in [2.05, 4.69) is 15.9 Å². The van der Waals surface area contributed by atoms with Crippen molar-refractivity contribution in [2.45, 2.75) is 19.8 Å². The highest BCUT2D eigenvalue weighted by molar-refractivity contribution is 9.10. The Morgan fingerprint density at radius 3 is 2.67 bits per heavy atom. The molecule has 15 heavy (non-hydrogen) atoms. The van der Waals surface area contributed by atoms with Gasteiger partial charge in [-0.1, -0.05) is 13.0 Å². The van der Waals surface area contributed by atoms with Crippen LogP contribution in [-0.2, 0) is 0 Å². The predicted molar refractivity (Wildman–Crippen MR) is 60.9 cm³/mol. The number of aryl methyl sites for hydroxylation is 1. The summed E-state index contributed by atoms with van der Waals surface area (Å²) in [5, 5.41) is 9.02. The van der Waals surface area contributed by atoms with Crippen molar-refractivity contribution in [1.29, 1.82) is 0 Å². The summed E-state index contributed by atoms with van der Waals surface area (Å²) in [5.74, 6) is -0.437. The third-order valence-electron chi connectivity index (χ3n) is 2.38. The number of methoxy groups -OCH3 is 1. The first kappa shape index (κ1) is 12.5. The highest BCUT2D eigenvalue weighted by Gasteiger charge is 2.18. The number of aliphatic hydroxyl groups excluding tert-OH is 1. The average molecular weight is 277 g/mol. The monoisotopic (exact) mass is 276 g/mol. The smallest absolute Gasteiger partial charge is 0.169 e. The number of aliphatic hydroxyl groups is 1. The van der Waals surface area contributed by atoms with Gasteiger partial charge < -0.3 is 9.84 Å². The second kappa shape index (κ2) is 4.94. The molecular weight excluding hydrogens is 263 g/mol. The number of rotatable bonds is 3. The van der Waals surface area contributed by atoms with Crippen molar-refractivity contribution < 1.29 is 14.2 Å². The molecule has 4 heteroatoms. The van der Waals surface area contributed by atoms with E-state index in [0.29, 0.717) is 10.0 Å². The summed E-state index contributed by atoms with van der Waals surface area (Å²) < 4.78 is 19.5. The Kier molecular flexibility index (Phi) is 4.11. The quantitative estimate of drug-likeness (QED) is 0.920. The predicted octanol–water partition coefficient (Wildman–Crippen LogP) is 3.00. The van der Waals surface area contributed by atoms with E-state index >= 15 is 0 Å². The van der Waals surface area contributed by atoms with E-state index in [1.807, 2.05) is 6.92 Å². The minimum atomic E-state index is -0.406. The summed E-state index contributed by atoms with van der Waals surface area (Å²) >= 11 is 3.27. The van der Waals surface area contributed by atoms with Crippen molar-refractivity contribution in [2.75, 3.05) is 13.7 Å². The maximum absolute atomic E-state index is 13.9. The maximum atomic E-state index is 13.9. The van der Waals surface area contributed by atoms with E-state index in [9.17, 15) is 4.39 Å². The maximum Gasteiger partial charge on any atom is 0.169 e. The number of benzene rings is 1. The van der Waals surface area contributed by atoms with Crippen LogP contribution in [0, 0.1) is 12.7 Å². The zero-order valence-electron chi connectivity index (χ0n) is 8.97. The molecule has 1 aromatic carbocycles. The molecule has 0 aliphatic carbocycles. The van der Waals surface area contributed by atoms with Gasteiger partial charge in [0.15, 0.2) is 11.6 Å². The molecule has 0 saturated carbocycles. The Morgan fingerprint density at radius 1 is 1.60 bits per heavy atom. The topological polar surface area (TPSA) is 29.5 Å². The lowest BCUT2D eigenvalue weighted by Gasteiger charge is -2.15. The zero-order valence-corrected chi connectivity index (χ0v) is 10.6. The standard InChI is InChI=1S/C11H14BrFO2/c1-6-4-8(7(2)5-14)10(13)11(15-3)9(6)12/h4,7,14H,5H2,1-3H3. The van der Waals surface area contributed by atoms with Crippen molar-refractivity contribution in [1.82, 2.24) is 0 Å². The van der Waals surface area contributed by atoms with Crippen LogP contribution in [0.1, 0.15) is 24.0 Å². The second-order valence-electron chi connectivity index (χ2n) is 3.53. The molecule has 0 aliphatic heterocycles. The lowest BCUT2D eigenvalue weighted by atomic mass is 9.99. The molecule has 1 atom stereocenters. The van der Waals surface area contributed by atoms with Crippen LogP contribution in [0.3, 0.4) is 0 Å². The van der Waals surface area contributed by atoms with E-state index in [0.717, 1.165) is 5.56 Å². The van der Waals surface area contributed by atoms with Crippen LogP contribution in [0.5, 0.6) is 5.75 Å². The van der Waals surface area contributed by atoms with E-state index in [-0.39, 0.29) is 18.3 Å². The van der Waals surface area contributed by atoms with Gasteiger partial charge in [-0.25, -0.2) is 4.39 Å². The van der Waals surface area contributed by atoms with Crippen LogP contribution in [0.15, 0.2) is 10.5 Å². The Morgan fingerprint density at radius 2 is 2.20 bits per heavy atom. The third-order valence-corrected chi connectivity index (χ3v) is 3.36. The van der Waals surface area contributed by atoms with Gasteiger partial charge in [0, 0.05) is 12.5 Å². The number of halogens is 2. The van der Waals surface area contributed by atoms with Crippen molar-refractivity contribution in [3.05, 3.63) is 27.5 Å². The van der Waals surface area contributed by atoms with Crippen molar-refractivity contribution in [2.24, 2.45) is 0 Å². The minimum Gasteiger partial charge on any atom is -0.492 e. The van der Waals surface area contributed by atoms with Crippen LogP contribution in [0.4, 0.5) is 4.39 Å². The first-order chi connectivity index (χ1) is 7.02. The van der Waals surface area contributed by atoms with Crippen LogP contribution in [-0.4, -0.2) is 18.8 Å². The zero-order chi connectivity index (χ0) is 11.6. The molecule has 0 radical (unpaired) electrons. The molecule has 0 aliphatic rings. The molecule has 0 bridgehead atoms. The molecular formula is C11H14BrFO2. The fourth-order valence-corrected chi connectivity index (χ4v) is 1.85. The van der Waals surface area contributed by atoms with E-state index in [4.69, 9.17) is 9.84 Å². The molecule has 0 aromatic heterocycles. The number of hydrogen-bond donors (Lipinski definition) is 1. The highest BCUT2D eigenvalue weighted by atomic mass is 79.9. The SMILES string of the molecule is COc1c(F)c(C(C)CO)cc(C)c1Br. The molecule has 1 unspecified atom stereocenters. The Hall–Kier alpha value is -0.610. The van der Waals surface area contributed by atoms with Crippen LogP contribution >= 0.6 is 15.9 Å². The summed E-state index contributed by atoms with van der Waals surface area (Å²) in [7, 11) is 1.43. The largest absolute Gasteiger partial charge is 0.492 e. The first-order valence-corrected chi connectivity index (χ1v) is 5.45. The molecule has 0 saturated heterocycles. The van der Waals surface area contributed by atoms with E-state index in [1.54, 1.807) is 13.0 Å². The van der Waals surface area contributed by atoms with Crippen LogP contribution < -0.4 is 4.74 Å². The van der Waals surface area contributed by atoms with Crippen LogP contribution in [0.25, 0.3) is 0 Å². The van der Waals surface area contributed by atoms with Crippen molar-refractivity contribution in [3.63, 3.8) is 0 Å². The third kappa shape index (κ3) is 2.32. The van der Waals surface area contributed by atoms with E-state index in [1.165, 1.54) is 7.11 Å². The van der Waals surface area contributed by atoms with Crippen LogP contribution in [0.2, 0.25) is 0 Å². The molecule has 1 rings (SSSR count). The van der Waals surface area contributed by atoms with Gasteiger partial charge in [0.2, 0.25) is 0 Å². The lowest BCUT2D eigenvalue weighted by molar-refractivity contribution is 0.269. The number of ether oxygens (including phenoxy) is 1. The second-order valence-corrected chi connectivity index (χ2v) is 4.32. The normalized spacial score (nSPS) is 12.7. The van der Waals surface area contributed by atoms with Crippen molar-refractivity contribution in [3.8, 4) is 5.75 Å².